The Morgan fingerprint density at radius 1 is 1.17 bits per heavy atom. The molecule has 0 aliphatic carbocycles. The number of ether oxygens (including phenoxy) is 2. The van der Waals surface area contributed by atoms with Gasteiger partial charge in [-0.05, 0) is 42.5 Å². The zero-order valence-corrected chi connectivity index (χ0v) is 20.6. The van der Waals surface area contributed by atoms with E-state index < -0.39 is 0 Å². The number of likely N-dealkylation sites (tertiary alicyclic amines) is 1. The minimum absolute atomic E-state index is 0. The van der Waals surface area contributed by atoms with Gasteiger partial charge in [-0.15, -0.1) is 24.0 Å². The van der Waals surface area contributed by atoms with Gasteiger partial charge in [0.15, 0.2) is 5.96 Å². The molecule has 0 spiro atoms. The molecule has 5 nitrogen and oxygen atoms in total. The fourth-order valence-electron chi connectivity index (χ4n) is 3.75. The van der Waals surface area contributed by atoms with Crippen molar-refractivity contribution in [2.24, 2.45) is 10.9 Å². The third-order valence-corrected chi connectivity index (χ3v) is 5.43. The van der Waals surface area contributed by atoms with Crippen LogP contribution in [0.3, 0.4) is 0 Å². The first kappa shape index (κ1) is 24.5. The van der Waals surface area contributed by atoms with E-state index in [1.807, 2.05) is 13.1 Å². The first-order valence-corrected chi connectivity index (χ1v) is 10.4. The lowest BCUT2D eigenvalue weighted by molar-refractivity contribution is 0.0907. The molecule has 0 aromatic heterocycles. The molecule has 164 valence electrons. The van der Waals surface area contributed by atoms with E-state index >= 15 is 0 Å². The molecule has 2 aromatic carbocycles. The Morgan fingerprint density at radius 2 is 1.97 bits per heavy atom. The smallest absolute Gasteiger partial charge is 0.193 e. The van der Waals surface area contributed by atoms with Gasteiger partial charge in [-0.2, -0.15) is 0 Å². The highest BCUT2D eigenvalue weighted by molar-refractivity contribution is 14.0. The summed E-state index contributed by atoms with van der Waals surface area (Å²) < 4.78 is 11.4. The number of benzene rings is 2. The van der Waals surface area contributed by atoms with E-state index in [0.717, 1.165) is 56.4 Å². The summed E-state index contributed by atoms with van der Waals surface area (Å²) in [5, 5.41) is 3.51. The zero-order valence-electron chi connectivity index (χ0n) is 18.3. The number of hydrogen-bond donors (Lipinski definition) is 1. The highest BCUT2D eigenvalue weighted by Gasteiger charge is 2.24. The van der Waals surface area contributed by atoms with Crippen LogP contribution in [0.1, 0.15) is 23.1 Å². The van der Waals surface area contributed by atoms with Crippen LogP contribution in [0.25, 0.3) is 0 Å². The van der Waals surface area contributed by atoms with Crippen molar-refractivity contribution in [3.05, 3.63) is 65.2 Å². The second-order valence-electron chi connectivity index (χ2n) is 7.63. The van der Waals surface area contributed by atoms with Crippen molar-refractivity contribution in [1.82, 2.24) is 10.2 Å². The lowest BCUT2D eigenvalue weighted by Crippen LogP contribution is -2.41. The largest absolute Gasteiger partial charge is 0.496 e. The number of guanidine groups is 1. The van der Waals surface area contributed by atoms with Gasteiger partial charge in [-0.1, -0.05) is 42.5 Å². The molecular formula is C24H34IN3O2. The summed E-state index contributed by atoms with van der Waals surface area (Å²) in [5.74, 6) is 2.48. The summed E-state index contributed by atoms with van der Waals surface area (Å²) in [7, 11) is 3.58. The molecule has 0 bridgehead atoms. The Bertz CT molecular complexity index is 798. The molecule has 1 saturated heterocycles. The number of methoxy groups -OCH3 is 1. The molecular weight excluding hydrogens is 489 g/mol. The maximum Gasteiger partial charge on any atom is 0.193 e. The van der Waals surface area contributed by atoms with Gasteiger partial charge in [-0.25, -0.2) is 0 Å². The monoisotopic (exact) mass is 523 g/mol. The fourth-order valence-corrected chi connectivity index (χ4v) is 3.75. The molecule has 30 heavy (non-hydrogen) atoms. The zero-order chi connectivity index (χ0) is 20.5. The Balaban J connectivity index is 0.00000320. The topological polar surface area (TPSA) is 46.1 Å². The number of nitrogens with zero attached hydrogens (tertiary/aromatic N) is 2. The summed E-state index contributed by atoms with van der Waals surface area (Å²) in [6.45, 7) is 6.42. The molecule has 1 heterocycles. The number of nitrogens with one attached hydrogen (secondary N) is 1. The highest BCUT2D eigenvalue weighted by atomic mass is 127. The van der Waals surface area contributed by atoms with Crippen molar-refractivity contribution in [1.29, 1.82) is 0 Å². The van der Waals surface area contributed by atoms with Crippen molar-refractivity contribution in [3.8, 4) is 5.75 Å². The Labute approximate surface area is 197 Å². The number of halogens is 1. The van der Waals surface area contributed by atoms with Crippen molar-refractivity contribution in [2.45, 2.75) is 26.4 Å². The molecule has 1 aliphatic rings. The molecule has 1 aliphatic heterocycles. The maximum atomic E-state index is 5.94. The van der Waals surface area contributed by atoms with Gasteiger partial charge in [0.05, 0.1) is 20.3 Å². The van der Waals surface area contributed by atoms with Crippen molar-refractivity contribution >= 4 is 29.9 Å². The summed E-state index contributed by atoms with van der Waals surface area (Å²) >= 11 is 0. The summed E-state index contributed by atoms with van der Waals surface area (Å²) in [6, 6.07) is 16.8. The summed E-state index contributed by atoms with van der Waals surface area (Å²) in [5.41, 5.74) is 3.66. The van der Waals surface area contributed by atoms with Gasteiger partial charge in [0.25, 0.3) is 0 Å². The molecule has 0 radical (unpaired) electrons. The lowest BCUT2D eigenvalue weighted by Gasteiger charge is -2.22. The van der Waals surface area contributed by atoms with Gasteiger partial charge in [0.2, 0.25) is 0 Å². The molecule has 0 amide bonds. The Hall–Kier alpha value is -1.80. The fraction of sp³-hybridized carbons (Fsp3) is 0.458. The third-order valence-electron chi connectivity index (χ3n) is 5.43. The van der Waals surface area contributed by atoms with E-state index in [2.05, 4.69) is 64.6 Å². The van der Waals surface area contributed by atoms with Crippen molar-refractivity contribution in [3.63, 3.8) is 0 Å². The minimum Gasteiger partial charge on any atom is -0.496 e. The quantitative estimate of drug-likeness (QED) is 0.319. The van der Waals surface area contributed by atoms with Crippen molar-refractivity contribution < 1.29 is 9.47 Å². The van der Waals surface area contributed by atoms with E-state index in [0.29, 0.717) is 12.5 Å². The van der Waals surface area contributed by atoms with Crippen LogP contribution in [-0.2, 0) is 17.8 Å². The Kier molecular flexibility index (Phi) is 10.4. The average Bonchev–Trinajstić information content (AvgIpc) is 3.21. The Morgan fingerprint density at radius 3 is 2.70 bits per heavy atom. The van der Waals surface area contributed by atoms with Crippen LogP contribution in [0.5, 0.6) is 5.75 Å². The first-order valence-electron chi connectivity index (χ1n) is 10.4. The number of rotatable bonds is 8. The molecule has 1 fully saturated rings. The van der Waals surface area contributed by atoms with Crippen LogP contribution in [-0.4, -0.2) is 51.3 Å². The second kappa shape index (κ2) is 12.8. The molecule has 2 aromatic rings. The average molecular weight is 523 g/mol. The van der Waals surface area contributed by atoms with Crippen molar-refractivity contribution in [2.75, 3.05) is 40.4 Å². The SMILES string of the molecule is CN=C(NCCc1ccc(C)c(OC)c1)N1CCC(COCc2ccccc2)C1.I. The molecule has 1 N–H and O–H groups in total. The minimum atomic E-state index is 0. The lowest BCUT2D eigenvalue weighted by atomic mass is 10.1. The molecule has 3 rings (SSSR count). The van der Waals surface area contributed by atoms with Crippen LogP contribution in [0.4, 0.5) is 0 Å². The standard InChI is InChI=1S/C24H33N3O2.HI/c1-19-9-10-20(15-23(19)28-3)11-13-26-24(25-2)27-14-12-22(16-27)18-29-17-21-7-5-4-6-8-21;/h4-10,15,22H,11-14,16-18H2,1-3H3,(H,25,26);1H. The van der Waals surface area contributed by atoms with Gasteiger partial charge < -0.3 is 19.7 Å². The number of aliphatic imine (C=N–C) groups is 1. The van der Waals surface area contributed by atoms with E-state index in [-0.39, 0.29) is 24.0 Å². The van der Waals surface area contributed by atoms with Crippen LogP contribution in [0, 0.1) is 12.8 Å². The van der Waals surface area contributed by atoms with Crippen LogP contribution >= 0.6 is 24.0 Å². The van der Waals surface area contributed by atoms with Gasteiger partial charge in [0, 0.05) is 32.6 Å². The maximum absolute atomic E-state index is 5.94. The highest BCUT2D eigenvalue weighted by Crippen LogP contribution is 2.19. The predicted octanol–water partition coefficient (Wildman–Crippen LogP) is 4.28. The summed E-state index contributed by atoms with van der Waals surface area (Å²) in [4.78, 5) is 6.82. The number of hydrogen-bond acceptors (Lipinski definition) is 3. The van der Waals surface area contributed by atoms with Gasteiger partial charge in [-0.3, -0.25) is 4.99 Å². The molecule has 6 heteroatoms. The van der Waals surface area contributed by atoms with E-state index in [4.69, 9.17) is 9.47 Å². The van der Waals surface area contributed by atoms with Gasteiger partial charge >= 0.3 is 0 Å². The summed E-state index contributed by atoms with van der Waals surface area (Å²) in [6.07, 6.45) is 2.08. The van der Waals surface area contributed by atoms with E-state index in [1.54, 1.807) is 7.11 Å². The first-order chi connectivity index (χ1) is 14.2. The van der Waals surface area contributed by atoms with Crippen LogP contribution < -0.4 is 10.1 Å². The third kappa shape index (κ3) is 7.16. The van der Waals surface area contributed by atoms with Crippen LogP contribution in [0.15, 0.2) is 53.5 Å². The predicted molar refractivity (Wildman–Crippen MR) is 134 cm³/mol. The van der Waals surface area contributed by atoms with Crippen LogP contribution in [0.2, 0.25) is 0 Å². The van der Waals surface area contributed by atoms with E-state index in [1.165, 1.54) is 11.1 Å². The number of aryl methyl sites for hydroxylation is 1. The molecule has 1 atom stereocenters. The van der Waals surface area contributed by atoms with E-state index in [9.17, 15) is 0 Å². The molecule has 0 saturated carbocycles. The normalized spacial score (nSPS) is 16.3. The molecule has 1 unspecified atom stereocenters. The van der Waals surface area contributed by atoms with Gasteiger partial charge in [0.1, 0.15) is 5.75 Å². The second-order valence-corrected chi connectivity index (χ2v) is 7.63.